The van der Waals surface area contributed by atoms with Crippen molar-refractivity contribution in [1.82, 2.24) is 20.4 Å². The van der Waals surface area contributed by atoms with Crippen LogP contribution in [0.3, 0.4) is 0 Å². The van der Waals surface area contributed by atoms with Gasteiger partial charge in [-0.25, -0.2) is 0 Å². The molecule has 0 bridgehead atoms. The number of piperazine rings is 1. The van der Waals surface area contributed by atoms with Crippen molar-refractivity contribution in [2.45, 2.75) is 39.0 Å². The topological polar surface area (TPSA) is 73.1 Å². The maximum atomic E-state index is 12.5. The minimum absolute atomic E-state index is 0. The fraction of sp³-hybridized carbons (Fsp3) is 0.714. The van der Waals surface area contributed by atoms with Crippen LogP contribution in [-0.4, -0.2) is 74.0 Å². The zero-order chi connectivity index (χ0) is 19.6. The first-order valence-electron chi connectivity index (χ1n) is 10.8. The Hall–Kier alpha value is -1.29. The van der Waals surface area contributed by atoms with Gasteiger partial charge in [0.15, 0.2) is 5.96 Å². The number of nitrogens with one attached hydrogen (secondary N) is 2. The van der Waals surface area contributed by atoms with Gasteiger partial charge in [-0.15, -0.1) is 24.0 Å². The van der Waals surface area contributed by atoms with Crippen LogP contribution in [0.5, 0.6) is 0 Å². The lowest BCUT2D eigenvalue weighted by Gasteiger charge is -2.35. The summed E-state index contributed by atoms with van der Waals surface area (Å²) in [6.07, 6.45) is 7.17. The maximum absolute atomic E-state index is 12.5. The zero-order valence-electron chi connectivity index (χ0n) is 17.6. The number of rotatable bonds is 8. The van der Waals surface area contributed by atoms with Gasteiger partial charge < -0.3 is 20.0 Å². The summed E-state index contributed by atoms with van der Waals surface area (Å²) in [7, 11) is 0. The molecule has 0 unspecified atom stereocenters. The number of nitrogens with zero attached hydrogens (tertiary/aromatic N) is 3. The average molecular weight is 517 g/mol. The monoisotopic (exact) mass is 517 g/mol. The molecule has 0 aromatic carbocycles. The predicted octanol–water partition coefficient (Wildman–Crippen LogP) is 2.33. The summed E-state index contributed by atoms with van der Waals surface area (Å²) in [6, 6.07) is 3.90. The van der Waals surface area contributed by atoms with Crippen molar-refractivity contribution in [1.29, 1.82) is 0 Å². The lowest BCUT2D eigenvalue weighted by molar-refractivity contribution is -0.137. The van der Waals surface area contributed by atoms with Crippen LogP contribution < -0.4 is 10.6 Å². The van der Waals surface area contributed by atoms with Crippen LogP contribution in [0.25, 0.3) is 0 Å². The molecule has 2 heterocycles. The molecular weight excluding hydrogens is 481 g/mol. The highest BCUT2D eigenvalue weighted by molar-refractivity contribution is 14.0. The summed E-state index contributed by atoms with van der Waals surface area (Å²) >= 11 is 0. The summed E-state index contributed by atoms with van der Waals surface area (Å²) < 4.78 is 5.36. The molecule has 1 aromatic rings. The van der Waals surface area contributed by atoms with Gasteiger partial charge in [0.2, 0.25) is 5.91 Å². The van der Waals surface area contributed by atoms with Crippen LogP contribution in [0, 0.1) is 5.92 Å². The van der Waals surface area contributed by atoms with Crippen molar-refractivity contribution in [3.8, 4) is 0 Å². The third kappa shape index (κ3) is 7.81. The van der Waals surface area contributed by atoms with Gasteiger partial charge in [-0.05, 0) is 31.9 Å². The minimum Gasteiger partial charge on any atom is -0.469 e. The lowest BCUT2D eigenvalue weighted by atomic mass is 10.1. The van der Waals surface area contributed by atoms with E-state index in [4.69, 9.17) is 4.42 Å². The van der Waals surface area contributed by atoms with E-state index in [9.17, 15) is 4.79 Å². The Bertz CT molecular complexity index is 609. The second-order valence-corrected chi connectivity index (χ2v) is 7.67. The molecule has 1 saturated carbocycles. The highest BCUT2D eigenvalue weighted by Crippen LogP contribution is 2.26. The smallest absolute Gasteiger partial charge is 0.225 e. The van der Waals surface area contributed by atoms with Gasteiger partial charge in [0.25, 0.3) is 0 Å². The van der Waals surface area contributed by atoms with Crippen LogP contribution in [-0.2, 0) is 11.2 Å². The van der Waals surface area contributed by atoms with E-state index in [1.54, 1.807) is 6.26 Å². The summed E-state index contributed by atoms with van der Waals surface area (Å²) in [4.78, 5) is 21.7. The maximum Gasteiger partial charge on any atom is 0.225 e. The van der Waals surface area contributed by atoms with E-state index >= 15 is 0 Å². The van der Waals surface area contributed by atoms with E-state index in [2.05, 4.69) is 32.3 Å². The molecule has 2 fully saturated rings. The molecule has 1 saturated heterocycles. The molecule has 1 aliphatic carbocycles. The van der Waals surface area contributed by atoms with E-state index in [1.165, 1.54) is 12.8 Å². The normalized spacial score (nSPS) is 18.5. The number of furan rings is 1. The second kappa shape index (κ2) is 13.1. The number of aliphatic imine (C=N–C) groups is 1. The summed E-state index contributed by atoms with van der Waals surface area (Å²) in [6.45, 7) is 9.03. The number of hydrogen-bond donors (Lipinski definition) is 2. The van der Waals surface area contributed by atoms with Crippen molar-refractivity contribution in [3.63, 3.8) is 0 Å². The molecule has 29 heavy (non-hydrogen) atoms. The van der Waals surface area contributed by atoms with Gasteiger partial charge in [0, 0.05) is 58.2 Å². The van der Waals surface area contributed by atoms with Crippen LogP contribution >= 0.6 is 24.0 Å². The quantitative estimate of drug-likeness (QED) is 0.315. The lowest BCUT2D eigenvalue weighted by Crippen LogP contribution is -2.50. The highest BCUT2D eigenvalue weighted by Gasteiger charge is 2.29. The van der Waals surface area contributed by atoms with Crippen LogP contribution in [0.1, 0.15) is 38.4 Å². The number of halogens is 1. The van der Waals surface area contributed by atoms with Crippen molar-refractivity contribution < 1.29 is 9.21 Å². The fourth-order valence-electron chi connectivity index (χ4n) is 4.03. The third-order valence-corrected chi connectivity index (χ3v) is 5.66. The SMILES string of the molecule is CCNC(=NCCN1CCN(C(=O)C2CCCC2)CC1)NCCc1ccco1.I. The van der Waals surface area contributed by atoms with E-state index in [1.807, 2.05) is 12.1 Å². The summed E-state index contributed by atoms with van der Waals surface area (Å²) in [5.74, 6) is 2.52. The van der Waals surface area contributed by atoms with Gasteiger partial charge in [0.05, 0.1) is 12.8 Å². The molecule has 1 aliphatic heterocycles. The molecule has 0 spiro atoms. The van der Waals surface area contributed by atoms with Gasteiger partial charge in [-0.1, -0.05) is 12.8 Å². The molecule has 3 rings (SSSR count). The molecule has 0 atom stereocenters. The fourth-order valence-corrected chi connectivity index (χ4v) is 4.03. The Morgan fingerprint density at radius 2 is 1.97 bits per heavy atom. The van der Waals surface area contributed by atoms with Crippen LogP contribution in [0.2, 0.25) is 0 Å². The van der Waals surface area contributed by atoms with Gasteiger partial charge >= 0.3 is 0 Å². The minimum atomic E-state index is 0. The number of guanidine groups is 1. The van der Waals surface area contributed by atoms with E-state index < -0.39 is 0 Å². The predicted molar refractivity (Wildman–Crippen MR) is 127 cm³/mol. The van der Waals surface area contributed by atoms with Crippen molar-refractivity contribution >= 4 is 35.8 Å². The van der Waals surface area contributed by atoms with Gasteiger partial charge in [0.1, 0.15) is 5.76 Å². The van der Waals surface area contributed by atoms with Gasteiger partial charge in [-0.2, -0.15) is 0 Å². The largest absolute Gasteiger partial charge is 0.469 e. The molecule has 1 amide bonds. The summed E-state index contributed by atoms with van der Waals surface area (Å²) in [5, 5.41) is 6.65. The molecule has 2 N–H and O–H groups in total. The molecule has 8 heteroatoms. The van der Waals surface area contributed by atoms with Crippen molar-refractivity contribution in [2.75, 3.05) is 52.4 Å². The number of carbonyl (C=O) groups excluding carboxylic acids is 1. The Morgan fingerprint density at radius 3 is 2.62 bits per heavy atom. The van der Waals surface area contributed by atoms with Gasteiger partial charge in [-0.3, -0.25) is 14.7 Å². The van der Waals surface area contributed by atoms with Crippen LogP contribution in [0.4, 0.5) is 0 Å². The standard InChI is InChI=1S/C21H35N5O2.HI/c1-2-22-21(23-10-9-19-8-5-17-28-19)24-11-12-25-13-15-26(16-14-25)20(27)18-6-3-4-7-18;/h5,8,17-18H,2-4,6-7,9-16H2,1H3,(H2,22,23,24);1H. The molecule has 0 radical (unpaired) electrons. The Balaban J connectivity index is 0.00000300. The first kappa shape index (κ1) is 24.0. The number of carbonyl (C=O) groups is 1. The number of hydrogen-bond acceptors (Lipinski definition) is 4. The van der Waals surface area contributed by atoms with E-state index in [0.29, 0.717) is 11.8 Å². The van der Waals surface area contributed by atoms with Crippen LogP contribution in [0.15, 0.2) is 27.8 Å². The average Bonchev–Trinajstić information content (AvgIpc) is 3.42. The highest BCUT2D eigenvalue weighted by atomic mass is 127. The van der Waals surface area contributed by atoms with E-state index in [0.717, 1.165) is 83.3 Å². The first-order valence-corrected chi connectivity index (χ1v) is 10.8. The molecule has 7 nitrogen and oxygen atoms in total. The Labute approximate surface area is 191 Å². The molecular formula is C21H36IN5O2. The second-order valence-electron chi connectivity index (χ2n) is 7.67. The number of amides is 1. The molecule has 164 valence electrons. The molecule has 1 aromatic heterocycles. The Morgan fingerprint density at radius 1 is 1.21 bits per heavy atom. The molecule has 2 aliphatic rings. The van der Waals surface area contributed by atoms with Crippen molar-refractivity contribution in [3.05, 3.63) is 24.2 Å². The third-order valence-electron chi connectivity index (χ3n) is 5.66. The first-order chi connectivity index (χ1) is 13.8. The zero-order valence-corrected chi connectivity index (χ0v) is 19.9. The van der Waals surface area contributed by atoms with E-state index in [-0.39, 0.29) is 24.0 Å². The summed E-state index contributed by atoms with van der Waals surface area (Å²) in [5.41, 5.74) is 0. The Kier molecular flexibility index (Phi) is 10.8. The van der Waals surface area contributed by atoms with Crippen molar-refractivity contribution in [2.24, 2.45) is 10.9 Å².